The number of rotatable bonds is 3. The molecule has 0 spiro atoms. The van der Waals surface area contributed by atoms with Crippen LogP contribution in [0.25, 0.3) is 0 Å². The Balaban J connectivity index is 1.77. The molecule has 2 aliphatic rings. The fraction of sp³-hybridized carbons (Fsp3) is 0.625. The Labute approximate surface area is 120 Å². The molecule has 0 aliphatic carbocycles. The van der Waals surface area contributed by atoms with Crippen LogP contribution in [0.1, 0.15) is 30.0 Å². The van der Waals surface area contributed by atoms with Crippen molar-refractivity contribution in [2.45, 2.75) is 38.0 Å². The largest absolute Gasteiger partial charge is 0.373 e. The topological polar surface area (TPSA) is 24.5 Å². The molecule has 0 radical (unpaired) electrons. The van der Waals surface area contributed by atoms with Gasteiger partial charge in [-0.15, -0.1) is 0 Å². The molecule has 3 atom stereocenters. The molecule has 110 valence electrons. The van der Waals surface area contributed by atoms with Gasteiger partial charge in [0.25, 0.3) is 0 Å². The molecule has 4 heteroatoms. The first-order valence-corrected chi connectivity index (χ1v) is 7.48. The highest BCUT2D eigenvalue weighted by atomic mass is 19.1. The maximum Gasteiger partial charge on any atom is 0.126 e. The molecule has 0 aromatic heterocycles. The molecular weight excluding hydrogens is 255 g/mol. The number of hydrogen-bond acceptors (Lipinski definition) is 3. The average Bonchev–Trinajstić information content (AvgIpc) is 2.91. The van der Waals surface area contributed by atoms with Crippen LogP contribution in [-0.4, -0.2) is 43.8 Å². The summed E-state index contributed by atoms with van der Waals surface area (Å²) in [6.07, 6.45) is 2.67. The van der Waals surface area contributed by atoms with E-state index in [0.29, 0.717) is 11.6 Å². The number of morpholine rings is 1. The highest BCUT2D eigenvalue weighted by Gasteiger charge is 2.35. The number of benzene rings is 1. The Morgan fingerprint density at radius 2 is 2.30 bits per heavy atom. The summed E-state index contributed by atoms with van der Waals surface area (Å²) in [4.78, 5) is 2.54. The number of fused-ring (bicyclic) bond motifs is 1. The number of halogens is 1. The first-order chi connectivity index (χ1) is 9.69. The van der Waals surface area contributed by atoms with Crippen LogP contribution in [0.2, 0.25) is 0 Å². The zero-order chi connectivity index (χ0) is 14.1. The van der Waals surface area contributed by atoms with Crippen molar-refractivity contribution in [3.8, 4) is 0 Å². The molecular formula is C16H23FN2O. The van der Waals surface area contributed by atoms with Crippen LogP contribution in [0.3, 0.4) is 0 Å². The molecule has 1 aromatic carbocycles. The second-order valence-corrected chi connectivity index (χ2v) is 5.94. The third kappa shape index (κ3) is 2.60. The number of likely N-dealkylation sites (N-methyl/N-ethyl adjacent to an activating group) is 1. The lowest BCUT2D eigenvalue weighted by molar-refractivity contribution is -0.0642. The molecule has 0 amide bonds. The van der Waals surface area contributed by atoms with Crippen molar-refractivity contribution >= 4 is 0 Å². The normalized spacial score (nSPS) is 28.4. The monoisotopic (exact) mass is 278 g/mol. The predicted octanol–water partition coefficient (Wildman–Crippen LogP) is 2.26. The van der Waals surface area contributed by atoms with E-state index in [-0.39, 0.29) is 18.0 Å². The third-order valence-corrected chi connectivity index (χ3v) is 4.64. The first kappa shape index (κ1) is 14.0. The number of ether oxygens (including phenoxy) is 1. The summed E-state index contributed by atoms with van der Waals surface area (Å²) < 4.78 is 19.5. The van der Waals surface area contributed by atoms with E-state index in [1.165, 1.54) is 19.4 Å². The van der Waals surface area contributed by atoms with Gasteiger partial charge in [-0.3, -0.25) is 4.90 Å². The van der Waals surface area contributed by atoms with Gasteiger partial charge in [0.1, 0.15) is 5.82 Å². The van der Waals surface area contributed by atoms with Gasteiger partial charge in [-0.25, -0.2) is 4.39 Å². The van der Waals surface area contributed by atoms with Gasteiger partial charge in [-0.05, 0) is 50.6 Å². The zero-order valence-electron chi connectivity index (χ0n) is 12.2. The minimum atomic E-state index is -0.146. The Morgan fingerprint density at radius 3 is 3.05 bits per heavy atom. The summed E-state index contributed by atoms with van der Waals surface area (Å²) in [5, 5.41) is 3.34. The van der Waals surface area contributed by atoms with Crippen molar-refractivity contribution in [1.82, 2.24) is 10.2 Å². The molecule has 3 nitrogen and oxygen atoms in total. The fourth-order valence-corrected chi connectivity index (χ4v) is 3.47. The van der Waals surface area contributed by atoms with Gasteiger partial charge in [0.15, 0.2) is 0 Å². The third-order valence-electron chi connectivity index (χ3n) is 4.64. The van der Waals surface area contributed by atoms with E-state index in [4.69, 9.17) is 4.74 Å². The van der Waals surface area contributed by atoms with Crippen LogP contribution in [0, 0.1) is 12.7 Å². The van der Waals surface area contributed by atoms with Crippen molar-refractivity contribution in [1.29, 1.82) is 0 Å². The predicted molar refractivity (Wildman–Crippen MR) is 77.3 cm³/mol. The van der Waals surface area contributed by atoms with E-state index in [1.807, 2.05) is 26.1 Å². The van der Waals surface area contributed by atoms with Gasteiger partial charge < -0.3 is 10.1 Å². The lowest BCUT2D eigenvalue weighted by Gasteiger charge is -2.39. The Morgan fingerprint density at radius 1 is 1.45 bits per heavy atom. The first-order valence-electron chi connectivity index (χ1n) is 7.48. The van der Waals surface area contributed by atoms with E-state index in [2.05, 4.69) is 10.2 Å². The zero-order valence-corrected chi connectivity index (χ0v) is 12.2. The summed E-state index contributed by atoms with van der Waals surface area (Å²) in [6.45, 7) is 4.78. The van der Waals surface area contributed by atoms with Gasteiger partial charge in [-0.1, -0.05) is 12.1 Å². The van der Waals surface area contributed by atoms with Gasteiger partial charge in [-0.2, -0.15) is 0 Å². The lowest BCUT2D eigenvalue weighted by Crippen LogP contribution is -2.50. The van der Waals surface area contributed by atoms with Crippen molar-refractivity contribution in [2.24, 2.45) is 0 Å². The molecule has 2 fully saturated rings. The van der Waals surface area contributed by atoms with Crippen LogP contribution in [-0.2, 0) is 4.74 Å². The van der Waals surface area contributed by atoms with Crippen molar-refractivity contribution in [3.63, 3.8) is 0 Å². The minimum absolute atomic E-state index is 0.121. The molecule has 2 aliphatic heterocycles. The molecule has 1 N–H and O–H groups in total. The van der Waals surface area contributed by atoms with E-state index in [9.17, 15) is 4.39 Å². The van der Waals surface area contributed by atoms with Crippen LogP contribution in [0.5, 0.6) is 0 Å². The van der Waals surface area contributed by atoms with E-state index < -0.39 is 0 Å². The number of hydrogen-bond donors (Lipinski definition) is 1. The second kappa shape index (κ2) is 5.80. The molecule has 2 saturated heterocycles. The second-order valence-electron chi connectivity index (χ2n) is 5.94. The summed E-state index contributed by atoms with van der Waals surface area (Å²) in [7, 11) is 1.95. The Kier molecular flexibility index (Phi) is 4.06. The van der Waals surface area contributed by atoms with E-state index in [0.717, 1.165) is 18.7 Å². The van der Waals surface area contributed by atoms with Gasteiger partial charge >= 0.3 is 0 Å². The standard InChI is InChI=1S/C16H23FN2O/c1-11-8-12(5-6-14(11)17)16(18-2)15-9-19-7-3-4-13(19)10-20-15/h5-6,8,13,15-16,18H,3-4,7,9-10H2,1-2H3. The summed E-state index contributed by atoms with van der Waals surface area (Å²) >= 11 is 0. The van der Waals surface area contributed by atoms with Crippen LogP contribution in [0.4, 0.5) is 4.39 Å². The summed E-state index contributed by atoms with van der Waals surface area (Å²) in [5.41, 5.74) is 1.80. The van der Waals surface area contributed by atoms with Crippen molar-refractivity contribution in [2.75, 3.05) is 26.7 Å². The smallest absolute Gasteiger partial charge is 0.126 e. The van der Waals surface area contributed by atoms with E-state index >= 15 is 0 Å². The van der Waals surface area contributed by atoms with Crippen LogP contribution in [0.15, 0.2) is 18.2 Å². The van der Waals surface area contributed by atoms with Crippen molar-refractivity contribution < 1.29 is 9.13 Å². The molecule has 2 heterocycles. The van der Waals surface area contributed by atoms with Crippen molar-refractivity contribution in [3.05, 3.63) is 35.1 Å². The quantitative estimate of drug-likeness (QED) is 0.918. The number of nitrogens with one attached hydrogen (secondary N) is 1. The average molecular weight is 278 g/mol. The molecule has 1 aromatic rings. The summed E-state index contributed by atoms with van der Waals surface area (Å²) in [6, 6.07) is 6.07. The van der Waals surface area contributed by atoms with Crippen LogP contribution >= 0.6 is 0 Å². The summed E-state index contributed by atoms with van der Waals surface area (Å²) in [5.74, 6) is -0.146. The van der Waals surface area contributed by atoms with E-state index in [1.54, 1.807) is 6.07 Å². The minimum Gasteiger partial charge on any atom is -0.373 e. The molecule has 0 bridgehead atoms. The molecule has 3 unspecified atom stereocenters. The van der Waals surface area contributed by atoms with Gasteiger partial charge in [0.2, 0.25) is 0 Å². The highest BCUT2D eigenvalue weighted by Crippen LogP contribution is 2.29. The maximum atomic E-state index is 13.4. The van der Waals surface area contributed by atoms with Crippen LogP contribution < -0.4 is 5.32 Å². The Bertz CT molecular complexity index is 480. The molecule has 0 saturated carbocycles. The number of nitrogens with zero attached hydrogens (tertiary/aromatic N) is 1. The Hall–Kier alpha value is -0.970. The SMILES string of the molecule is CNC(c1ccc(F)c(C)c1)C1CN2CCCC2CO1. The van der Waals surface area contributed by atoms with Gasteiger partial charge in [0, 0.05) is 12.6 Å². The molecule has 20 heavy (non-hydrogen) atoms. The molecule has 3 rings (SSSR count). The van der Waals surface area contributed by atoms with Gasteiger partial charge in [0.05, 0.1) is 18.8 Å². The lowest BCUT2D eigenvalue weighted by atomic mass is 9.97. The fourth-order valence-electron chi connectivity index (χ4n) is 3.47. The highest BCUT2D eigenvalue weighted by molar-refractivity contribution is 5.27. The maximum absolute atomic E-state index is 13.4. The number of aryl methyl sites for hydroxylation is 1.